The van der Waals surface area contributed by atoms with Crippen LogP contribution in [-0.4, -0.2) is 59.7 Å². The van der Waals surface area contributed by atoms with Crippen molar-refractivity contribution in [1.82, 2.24) is 19.2 Å². The fourth-order valence-corrected chi connectivity index (χ4v) is 4.10. The first-order valence-electron chi connectivity index (χ1n) is 7.51. The number of anilines is 1. The van der Waals surface area contributed by atoms with Crippen molar-refractivity contribution in [3.63, 3.8) is 0 Å². The molecule has 132 valence electrons. The second-order valence-corrected chi connectivity index (χ2v) is 7.81. The molecule has 0 spiro atoms. The number of piperazine rings is 1. The number of carbonyl (C=O) groups excluding carboxylic acids is 1. The van der Waals surface area contributed by atoms with Crippen molar-refractivity contribution in [2.75, 3.05) is 31.9 Å². The first kappa shape index (κ1) is 17.6. The number of carbonyl (C=O) groups is 1. The molecule has 3 rings (SSSR count). The lowest BCUT2D eigenvalue weighted by Crippen LogP contribution is -2.50. The van der Waals surface area contributed by atoms with Crippen molar-refractivity contribution >= 4 is 33.3 Å². The number of nitrogens with zero attached hydrogens (tertiary/aromatic N) is 4. The number of hydrogen-bond acceptors (Lipinski definition) is 6. The number of hydrogen-bond donors (Lipinski definition) is 1. The van der Waals surface area contributed by atoms with Crippen LogP contribution < -0.4 is 5.73 Å². The summed E-state index contributed by atoms with van der Waals surface area (Å²) in [5.41, 5.74) is 5.75. The SMILES string of the molecule is Nc1nccnc1C(=O)N1CCN(S(=O)(=O)c2ccc(Cl)cc2)CC1. The van der Waals surface area contributed by atoms with Crippen LogP contribution in [0.25, 0.3) is 0 Å². The summed E-state index contributed by atoms with van der Waals surface area (Å²) >= 11 is 5.80. The minimum absolute atomic E-state index is 0.0590. The van der Waals surface area contributed by atoms with Crippen molar-refractivity contribution in [1.29, 1.82) is 0 Å². The van der Waals surface area contributed by atoms with E-state index in [1.54, 1.807) is 0 Å². The van der Waals surface area contributed by atoms with Crippen LogP contribution in [0.5, 0.6) is 0 Å². The molecule has 1 aromatic heterocycles. The molecule has 8 nitrogen and oxygen atoms in total. The van der Waals surface area contributed by atoms with Crippen LogP contribution in [0.1, 0.15) is 10.5 Å². The number of nitrogen functional groups attached to an aromatic ring is 1. The van der Waals surface area contributed by atoms with Crippen molar-refractivity contribution < 1.29 is 13.2 Å². The van der Waals surface area contributed by atoms with E-state index in [4.69, 9.17) is 17.3 Å². The maximum atomic E-state index is 12.6. The van der Waals surface area contributed by atoms with Crippen molar-refractivity contribution in [2.45, 2.75) is 4.90 Å². The van der Waals surface area contributed by atoms with Gasteiger partial charge in [0.1, 0.15) is 0 Å². The molecular weight excluding hydrogens is 366 g/mol. The Bertz CT molecular complexity index is 880. The zero-order chi connectivity index (χ0) is 18.0. The molecule has 1 aliphatic rings. The molecule has 1 saturated heterocycles. The molecule has 1 fully saturated rings. The van der Waals surface area contributed by atoms with Crippen LogP contribution in [0.15, 0.2) is 41.6 Å². The van der Waals surface area contributed by atoms with Gasteiger partial charge in [0.25, 0.3) is 5.91 Å². The summed E-state index contributed by atoms with van der Waals surface area (Å²) in [4.78, 5) is 21.9. The first-order chi connectivity index (χ1) is 11.9. The monoisotopic (exact) mass is 381 g/mol. The largest absolute Gasteiger partial charge is 0.382 e. The van der Waals surface area contributed by atoms with E-state index in [2.05, 4.69) is 9.97 Å². The molecule has 10 heteroatoms. The Kier molecular flexibility index (Phi) is 4.89. The van der Waals surface area contributed by atoms with E-state index in [-0.39, 0.29) is 48.5 Å². The summed E-state index contributed by atoms with van der Waals surface area (Å²) in [6, 6.07) is 6.00. The third kappa shape index (κ3) is 3.58. The van der Waals surface area contributed by atoms with Crippen LogP contribution in [0.2, 0.25) is 5.02 Å². The zero-order valence-corrected chi connectivity index (χ0v) is 14.7. The number of aromatic nitrogens is 2. The molecule has 0 atom stereocenters. The van der Waals surface area contributed by atoms with Crippen LogP contribution in [0.4, 0.5) is 5.82 Å². The van der Waals surface area contributed by atoms with E-state index < -0.39 is 10.0 Å². The van der Waals surface area contributed by atoms with Crippen LogP contribution in [0, 0.1) is 0 Å². The van der Waals surface area contributed by atoms with E-state index in [1.807, 2.05) is 0 Å². The highest BCUT2D eigenvalue weighted by molar-refractivity contribution is 7.89. The molecule has 1 amide bonds. The Morgan fingerprint density at radius 2 is 1.64 bits per heavy atom. The Labute approximate surface area is 150 Å². The summed E-state index contributed by atoms with van der Waals surface area (Å²) in [6.45, 7) is 0.886. The molecule has 25 heavy (non-hydrogen) atoms. The summed E-state index contributed by atoms with van der Waals surface area (Å²) in [5.74, 6) is -0.294. The first-order valence-corrected chi connectivity index (χ1v) is 9.33. The van der Waals surface area contributed by atoms with Gasteiger partial charge in [-0.1, -0.05) is 11.6 Å². The normalized spacial score (nSPS) is 16.0. The van der Waals surface area contributed by atoms with Crippen LogP contribution in [0.3, 0.4) is 0 Å². The lowest BCUT2D eigenvalue weighted by molar-refractivity contribution is 0.0692. The van der Waals surface area contributed by atoms with E-state index in [9.17, 15) is 13.2 Å². The smallest absolute Gasteiger partial charge is 0.276 e. The van der Waals surface area contributed by atoms with Gasteiger partial charge in [-0.3, -0.25) is 4.79 Å². The van der Waals surface area contributed by atoms with E-state index in [1.165, 1.54) is 45.9 Å². The van der Waals surface area contributed by atoms with Gasteiger partial charge in [0.2, 0.25) is 10.0 Å². The predicted octanol–water partition coefficient (Wildman–Crippen LogP) is 0.859. The summed E-state index contributed by atoms with van der Waals surface area (Å²) in [7, 11) is -3.62. The molecule has 0 aliphatic carbocycles. The zero-order valence-electron chi connectivity index (χ0n) is 13.2. The Hall–Kier alpha value is -2.23. The topological polar surface area (TPSA) is 109 Å². The Morgan fingerprint density at radius 3 is 2.24 bits per heavy atom. The lowest BCUT2D eigenvalue weighted by atomic mass is 10.3. The second-order valence-electron chi connectivity index (χ2n) is 5.44. The molecule has 0 radical (unpaired) electrons. The lowest BCUT2D eigenvalue weighted by Gasteiger charge is -2.33. The minimum atomic E-state index is -3.62. The third-order valence-corrected chi connectivity index (χ3v) is 6.07. The van der Waals surface area contributed by atoms with Crippen molar-refractivity contribution in [3.8, 4) is 0 Å². The molecule has 1 aromatic carbocycles. The van der Waals surface area contributed by atoms with Gasteiger partial charge < -0.3 is 10.6 Å². The number of benzene rings is 1. The summed E-state index contributed by atoms with van der Waals surface area (Å²) in [6.07, 6.45) is 2.80. The van der Waals surface area contributed by atoms with Gasteiger partial charge in [-0.15, -0.1) is 0 Å². The van der Waals surface area contributed by atoms with Crippen LogP contribution in [-0.2, 0) is 10.0 Å². The molecular formula is C15H16ClN5O3S. The highest BCUT2D eigenvalue weighted by Crippen LogP contribution is 2.20. The van der Waals surface area contributed by atoms with E-state index in [0.29, 0.717) is 5.02 Å². The fraction of sp³-hybridized carbons (Fsp3) is 0.267. The number of nitrogens with two attached hydrogens (primary N) is 1. The second kappa shape index (κ2) is 6.95. The Morgan fingerprint density at radius 1 is 1.04 bits per heavy atom. The van der Waals surface area contributed by atoms with Crippen molar-refractivity contribution in [2.24, 2.45) is 0 Å². The number of amides is 1. The highest BCUT2D eigenvalue weighted by Gasteiger charge is 2.31. The van der Waals surface area contributed by atoms with Gasteiger partial charge in [-0.2, -0.15) is 4.31 Å². The van der Waals surface area contributed by atoms with Gasteiger partial charge >= 0.3 is 0 Å². The van der Waals surface area contributed by atoms with Gasteiger partial charge in [0, 0.05) is 43.6 Å². The van der Waals surface area contributed by atoms with Gasteiger partial charge in [-0.25, -0.2) is 18.4 Å². The quantitative estimate of drug-likeness (QED) is 0.844. The summed E-state index contributed by atoms with van der Waals surface area (Å²) in [5, 5.41) is 0.468. The maximum Gasteiger partial charge on any atom is 0.276 e. The molecule has 0 saturated carbocycles. The summed E-state index contributed by atoms with van der Waals surface area (Å²) < 4.78 is 26.6. The van der Waals surface area contributed by atoms with E-state index in [0.717, 1.165) is 0 Å². The molecule has 2 heterocycles. The number of sulfonamides is 1. The van der Waals surface area contributed by atoms with Crippen molar-refractivity contribution in [3.05, 3.63) is 47.4 Å². The predicted molar refractivity (Wildman–Crippen MR) is 92.6 cm³/mol. The van der Waals surface area contributed by atoms with Gasteiger partial charge in [-0.05, 0) is 24.3 Å². The molecule has 1 aliphatic heterocycles. The van der Waals surface area contributed by atoms with Gasteiger partial charge in [0.15, 0.2) is 11.5 Å². The average Bonchev–Trinajstić information content (AvgIpc) is 2.62. The Balaban J connectivity index is 1.70. The van der Waals surface area contributed by atoms with Gasteiger partial charge in [0.05, 0.1) is 4.90 Å². The molecule has 2 aromatic rings. The maximum absolute atomic E-state index is 12.6. The molecule has 0 unspecified atom stereocenters. The third-order valence-electron chi connectivity index (χ3n) is 3.91. The number of halogens is 1. The fourth-order valence-electron chi connectivity index (χ4n) is 2.55. The van der Waals surface area contributed by atoms with Crippen LogP contribution >= 0.6 is 11.6 Å². The molecule has 2 N–H and O–H groups in total. The number of rotatable bonds is 3. The highest BCUT2D eigenvalue weighted by atomic mass is 35.5. The average molecular weight is 382 g/mol. The molecule has 0 bridgehead atoms. The minimum Gasteiger partial charge on any atom is -0.382 e. The standard InChI is InChI=1S/C15H16ClN5O3S/c16-11-1-3-12(4-2-11)25(23,24)21-9-7-20(8-10-21)15(22)13-14(17)19-6-5-18-13/h1-6H,7-10H2,(H2,17,19). The van der Waals surface area contributed by atoms with E-state index >= 15 is 0 Å².